The molecule has 4 rings (SSSR count). The quantitative estimate of drug-likeness (QED) is 0.282. The van der Waals surface area contributed by atoms with E-state index in [1.54, 1.807) is 44.2 Å². The molecule has 0 spiro atoms. The Labute approximate surface area is 228 Å². The molecule has 202 valence electrons. The molecule has 9 nitrogen and oxygen atoms in total. The maximum absolute atomic E-state index is 13.2. The molecule has 38 heavy (non-hydrogen) atoms. The van der Waals surface area contributed by atoms with Crippen LogP contribution in [0, 0.1) is 6.92 Å². The Morgan fingerprint density at radius 3 is 2.53 bits per heavy atom. The van der Waals surface area contributed by atoms with E-state index in [0.29, 0.717) is 43.1 Å². The van der Waals surface area contributed by atoms with Gasteiger partial charge in [0.1, 0.15) is 17.3 Å². The third-order valence-corrected chi connectivity index (χ3v) is 7.72. The number of methoxy groups -OCH3 is 2. The number of carbonyl (C=O) groups is 2. The molecule has 0 radical (unpaired) electrons. The molecule has 2 aromatic carbocycles. The van der Waals surface area contributed by atoms with Gasteiger partial charge in [-0.3, -0.25) is 14.2 Å². The van der Waals surface area contributed by atoms with Gasteiger partial charge in [-0.05, 0) is 51.0 Å². The van der Waals surface area contributed by atoms with Gasteiger partial charge >= 0.3 is 0 Å². The van der Waals surface area contributed by atoms with Crippen LogP contribution in [0.2, 0.25) is 0 Å². The van der Waals surface area contributed by atoms with Crippen molar-refractivity contribution in [1.29, 1.82) is 0 Å². The second-order valence-corrected chi connectivity index (χ2v) is 10.3. The van der Waals surface area contributed by atoms with Gasteiger partial charge in [-0.1, -0.05) is 30.0 Å². The molecule has 3 aromatic rings. The maximum Gasteiger partial charge on any atom is 0.257 e. The number of ether oxygens (including phenoxy) is 2. The first-order valence-electron chi connectivity index (χ1n) is 12.8. The van der Waals surface area contributed by atoms with E-state index in [4.69, 9.17) is 9.47 Å². The van der Waals surface area contributed by atoms with Gasteiger partial charge in [0.15, 0.2) is 5.16 Å². The van der Waals surface area contributed by atoms with E-state index >= 15 is 0 Å². The van der Waals surface area contributed by atoms with Crippen molar-refractivity contribution >= 4 is 23.6 Å². The van der Waals surface area contributed by atoms with Crippen LogP contribution in [0.25, 0.3) is 5.69 Å². The fourth-order valence-electron chi connectivity index (χ4n) is 4.63. The third-order valence-electron chi connectivity index (χ3n) is 6.71. The topological polar surface area (TPSA) is 89.8 Å². The first-order chi connectivity index (χ1) is 18.4. The van der Waals surface area contributed by atoms with Gasteiger partial charge in [-0.15, -0.1) is 10.2 Å². The Balaban J connectivity index is 1.23. The summed E-state index contributed by atoms with van der Waals surface area (Å²) in [7, 11) is 3.12. The molecule has 2 heterocycles. The number of hydrogen-bond acceptors (Lipinski definition) is 7. The lowest BCUT2D eigenvalue weighted by Crippen LogP contribution is -2.55. The van der Waals surface area contributed by atoms with Crippen molar-refractivity contribution in [2.45, 2.75) is 44.3 Å². The molecule has 1 atom stereocenters. The van der Waals surface area contributed by atoms with E-state index in [-0.39, 0.29) is 17.9 Å². The number of unbranched alkanes of at least 4 members (excludes halogenated alkanes) is 1. The number of carbonyl (C=O) groups excluding carboxylic acids is 2. The number of aromatic nitrogens is 3. The Kier molecular flexibility index (Phi) is 9.28. The van der Waals surface area contributed by atoms with E-state index in [1.807, 2.05) is 54.0 Å². The van der Waals surface area contributed by atoms with E-state index < -0.39 is 0 Å². The van der Waals surface area contributed by atoms with Crippen molar-refractivity contribution < 1.29 is 19.1 Å². The number of rotatable bonds is 10. The molecule has 2 amide bonds. The molecule has 0 bridgehead atoms. The number of thioether (sulfide) groups is 1. The fraction of sp³-hybridized carbons (Fsp3) is 0.429. The van der Waals surface area contributed by atoms with Crippen LogP contribution in [0.3, 0.4) is 0 Å². The lowest BCUT2D eigenvalue weighted by Gasteiger charge is -2.40. The molecular formula is C28H35N5O4S. The highest BCUT2D eigenvalue weighted by molar-refractivity contribution is 7.99. The predicted octanol–water partition coefficient (Wildman–Crippen LogP) is 4.23. The number of aryl methyl sites for hydroxylation is 1. The van der Waals surface area contributed by atoms with Gasteiger partial charge in [0.2, 0.25) is 5.91 Å². The minimum absolute atomic E-state index is 0.0878. The first-order valence-corrected chi connectivity index (χ1v) is 13.8. The van der Waals surface area contributed by atoms with Crippen LogP contribution < -0.4 is 9.47 Å². The minimum Gasteiger partial charge on any atom is -0.497 e. The number of amides is 2. The Bertz CT molecular complexity index is 1250. The van der Waals surface area contributed by atoms with Crippen molar-refractivity contribution in [3.8, 4) is 17.2 Å². The SMILES string of the molecule is COc1ccc(C(=O)N2CCN(C(=O)CCCCSc3nnc(C)n3-c3ccccc3)CC2C)c(OC)c1. The Morgan fingerprint density at radius 1 is 1.03 bits per heavy atom. The van der Waals surface area contributed by atoms with Crippen LogP contribution in [-0.2, 0) is 4.79 Å². The van der Waals surface area contributed by atoms with Gasteiger partial charge < -0.3 is 19.3 Å². The van der Waals surface area contributed by atoms with E-state index in [0.717, 1.165) is 35.3 Å². The molecule has 0 saturated carbocycles. The van der Waals surface area contributed by atoms with Crippen LogP contribution in [-0.4, -0.2) is 82.0 Å². The Morgan fingerprint density at radius 2 is 1.82 bits per heavy atom. The molecule has 1 saturated heterocycles. The molecule has 1 unspecified atom stereocenters. The summed E-state index contributed by atoms with van der Waals surface area (Å²) in [5.74, 6) is 2.87. The number of nitrogens with zero attached hydrogens (tertiary/aromatic N) is 5. The predicted molar refractivity (Wildman–Crippen MR) is 147 cm³/mol. The molecule has 1 fully saturated rings. The zero-order valence-corrected chi connectivity index (χ0v) is 23.2. The van der Waals surface area contributed by atoms with Crippen molar-refractivity contribution in [1.82, 2.24) is 24.6 Å². The van der Waals surface area contributed by atoms with Gasteiger partial charge in [-0.2, -0.15) is 0 Å². The summed E-state index contributed by atoms with van der Waals surface area (Å²) in [6, 6.07) is 15.2. The van der Waals surface area contributed by atoms with Gasteiger partial charge in [-0.25, -0.2) is 0 Å². The van der Waals surface area contributed by atoms with Crippen LogP contribution in [0.15, 0.2) is 53.7 Å². The number of benzene rings is 2. The van der Waals surface area contributed by atoms with Crippen LogP contribution in [0.5, 0.6) is 11.5 Å². The molecule has 1 aliphatic heterocycles. The largest absolute Gasteiger partial charge is 0.497 e. The van der Waals surface area contributed by atoms with Crippen molar-refractivity contribution in [3.63, 3.8) is 0 Å². The summed E-state index contributed by atoms with van der Waals surface area (Å²) in [5, 5.41) is 9.42. The van der Waals surface area contributed by atoms with Gasteiger partial charge in [0, 0.05) is 49.6 Å². The van der Waals surface area contributed by atoms with E-state index in [9.17, 15) is 9.59 Å². The second-order valence-electron chi connectivity index (χ2n) is 9.26. The molecule has 1 aromatic heterocycles. The lowest BCUT2D eigenvalue weighted by molar-refractivity contribution is -0.133. The van der Waals surface area contributed by atoms with Crippen LogP contribution in [0.4, 0.5) is 0 Å². The Hall–Kier alpha value is -3.53. The van der Waals surface area contributed by atoms with Crippen LogP contribution in [0.1, 0.15) is 42.4 Å². The molecular weight excluding hydrogens is 502 g/mol. The number of piperazine rings is 1. The van der Waals surface area contributed by atoms with E-state index in [1.165, 1.54) is 0 Å². The summed E-state index contributed by atoms with van der Waals surface area (Å²) in [6.45, 7) is 5.48. The number of para-hydroxylation sites is 1. The monoisotopic (exact) mass is 537 g/mol. The zero-order valence-electron chi connectivity index (χ0n) is 22.4. The van der Waals surface area contributed by atoms with Crippen LogP contribution >= 0.6 is 11.8 Å². The van der Waals surface area contributed by atoms with Gasteiger partial charge in [0.25, 0.3) is 5.91 Å². The standard InChI is InChI=1S/C28H35N5O4S/c1-20-19-31(15-16-32(20)27(35)24-14-13-23(36-3)18-25(24)37-4)26(34)12-8-9-17-38-28-30-29-21(2)33(28)22-10-6-5-7-11-22/h5-7,10-11,13-14,18,20H,8-9,12,15-17,19H2,1-4H3. The zero-order chi connectivity index (χ0) is 27.1. The van der Waals surface area contributed by atoms with Crippen molar-refractivity contribution in [2.75, 3.05) is 39.6 Å². The van der Waals surface area contributed by atoms with E-state index in [2.05, 4.69) is 14.8 Å². The summed E-state index contributed by atoms with van der Waals surface area (Å²) in [5.41, 5.74) is 1.54. The smallest absolute Gasteiger partial charge is 0.257 e. The average molecular weight is 538 g/mol. The van der Waals surface area contributed by atoms with Gasteiger partial charge in [0.05, 0.1) is 19.8 Å². The molecule has 1 aliphatic rings. The highest BCUT2D eigenvalue weighted by Crippen LogP contribution is 2.27. The summed E-state index contributed by atoms with van der Waals surface area (Å²) < 4.78 is 12.7. The summed E-state index contributed by atoms with van der Waals surface area (Å²) >= 11 is 1.66. The molecule has 0 N–H and O–H groups in total. The maximum atomic E-state index is 13.2. The highest BCUT2D eigenvalue weighted by atomic mass is 32.2. The second kappa shape index (κ2) is 12.8. The fourth-order valence-corrected chi connectivity index (χ4v) is 5.62. The summed E-state index contributed by atoms with van der Waals surface area (Å²) in [6.07, 6.45) is 2.21. The van der Waals surface area contributed by atoms with Crippen molar-refractivity contribution in [3.05, 3.63) is 59.9 Å². The minimum atomic E-state index is -0.0975. The number of hydrogen-bond donors (Lipinski definition) is 0. The molecule has 0 aliphatic carbocycles. The summed E-state index contributed by atoms with van der Waals surface area (Å²) in [4.78, 5) is 29.8. The molecule has 10 heteroatoms. The average Bonchev–Trinajstić information content (AvgIpc) is 3.32. The lowest BCUT2D eigenvalue weighted by atomic mass is 10.1. The normalized spacial score (nSPS) is 15.4. The van der Waals surface area contributed by atoms with Crippen molar-refractivity contribution in [2.24, 2.45) is 0 Å². The third kappa shape index (κ3) is 6.30. The highest BCUT2D eigenvalue weighted by Gasteiger charge is 2.31. The first kappa shape index (κ1) is 27.5.